The quantitative estimate of drug-likeness (QED) is 0.247. The number of methoxy groups -OCH3 is 1. The Bertz CT molecular complexity index is 1220. The van der Waals surface area contributed by atoms with Crippen molar-refractivity contribution in [3.05, 3.63) is 47.5 Å². The lowest BCUT2D eigenvalue weighted by Gasteiger charge is -2.10. The van der Waals surface area contributed by atoms with Gasteiger partial charge in [0.15, 0.2) is 0 Å². The molecule has 2 rings (SSSR count). The van der Waals surface area contributed by atoms with E-state index >= 15 is 0 Å². The lowest BCUT2D eigenvalue weighted by atomic mass is 10.1. The van der Waals surface area contributed by atoms with Crippen LogP contribution in [0.15, 0.2) is 46.2 Å². The van der Waals surface area contributed by atoms with Gasteiger partial charge >= 0.3 is 6.03 Å². The van der Waals surface area contributed by atoms with Gasteiger partial charge in [0.1, 0.15) is 16.4 Å². The van der Waals surface area contributed by atoms with Crippen molar-refractivity contribution in [1.29, 1.82) is 0 Å². The topological polar surface area (TPSA) is 188 Å². The minimum Gasteiger partial charge on any atom is -0.375 e. The molecule has 0 heterocycles. The van der Waals surface area contributed by atoms with Gasteiger partial charge in [-0.05, 0) is 42.3 Å². The Kier molecular flexibility index (Phi) is 8.89. The maximum Gasteiger partial charge on any atom is 0.319 e. The number of rotatable bonds is 9. The Labute approximate surface area is 196 Å². The van der Waals surface area contributed by atoms with Crippen LogP contribution in [0.2, 0.25) is 0 Å². The van der Waals surface area contributed by atoms with Crippen molar-refractivity contribution in [3.8, 4) is 0 Å². The summed E-state index contributed by atoms with van der Waals surface area (Å²) in [4.78, 5) is 22.2. The molecule has 0 fully saturated rings. The van der Waals surface area contributed by atoms with Gasteiger partial charge in [-0.2, -0.15) is 16.8 Å². The number of urea groups is 1. The molecule has 0 aliphatic rings. The van der Waals surface area contributed by atoms with E-state index < -0.39 is 42.0 Å². The van der Waals surface area contributed by atoms with Crippen molar-refractivity contribution in [2.24, 2.45) is 0 Å². The highest BCUT2D eigenvalue weighted by Gasteiger charge is 2.18. The molecule has 0 radical (unpaired) electrons. The van der Waals surface area contributed by atoms with Crippen LogP contribution in [-0.2, 0) is 29.8 Å². The van der Waals surface area contributed by atoms with Crippen molar-refractivity contribution in [2.75, 3.05) is 30.9 Å². The van der Waals surface area contributed by atoms with Gasteiger partial charge < -0.3 is 20.7 Å². The van der Waals surface area contributed by atoms with E-state index in [-0.39, 0.29) is 29.1 Å². The Morgan fingerprint density at radius 1 is 0.882 bits per heavy atom. The van der Waals surface area contributed by atoms with E-state index in [2.05, 4.69) is 20.7 Å². The van der Waals surface area contributed by atoms with Gasteiger partial charge in [0.05, 0.1) is 0 Å². The number of amides is 3. The lowest BCUT2D eigenvalue weighted by Crippen LogP contribution is -2.28. The monoisotopic (exact) mass is 513 g/mol. The number of carbonyl (C=O) groups is 2. The first kappa shape index (κ1) is 26.9. The van der Waals surface area contributed by atoms with Crippen molar-refractivity contribution in [3.63, 3.8) is 0 Å². The molecule has 2 aromatic rings. The number of hydrogen-bond acceptors (Lipinski definition) is 7. The first-order valence-electron chi connectivity index (χ1n) is 9.60. The van der Waals surface area contributed by atoms with E-state index in [0.29, 0.717) is 6.54 Å². The van der Waals surface area contributed by atoms with Crippen molar-refractivity contribution < 1.29 is 40.3 Å². The summed E-state index contributed by atoms with van der Waals surface area (Å²) in [6, 6.07) is 6.77. The Hall–Kier alpha value is -3.30. The molecule has 14 heteroatoms. The molecule has 0 bridgehead atoms. The molecule has 0 aromatic heterocycles. The first-order chi connectivity index (χ1) is 15.8. The summed E-state index contributed by atoms with van der Waals surface area (Å²) in [6.07, 6.45) is 2.40. The molecular weight excluding hydrogens is 490 g/mol. The fraction of sp³-hybridized carbons (Fsp3) is 0.200. The van der Waals surface area contributed by atoms with E-state index in [1.165, 1.54) is 43.5 Å². The molecule has 0 unspecified atom stereocenters. The molecular formula is C20H23N3O9S2. The van der Waals surface area contributed by atoms with Crippen molar-refractivity contribution in [2.45, 2.75) is 16.7 Å². The summed E-state index contributed by atoms with van der Waals surface area (Å²) in [7, 11) is -8.15. The normalized spacial score (nSPS) is 11.9. The zero-order valence-electron chi connectivity index (χ0n) is 18.1. The molecule has 34 heavy (non-hydrogen) atoms. The van der Waals surface area contributed by atoms with E-state index in [0.717, 1.165) is 12.1 Å². The summed E-state index contributed by atoms with van der Waals surface area (Å²) in [5.74, 6) is -0.550. The van der Waals surface area contributed by atoms with Crippen LogP contribution >= 0.6 is 0 Å². The molecule has 0 atom stereocenters. The van der Waals surface area contributed by atoms with Crippen LogP contribution in [-0.4, -0.2) is 58.1 Å². The van der Waals surface area contributed by atoms with Gasteiger partial charge in [-0.25, -0.2) is 4.79 Å². The van der Waals surface area contributed by atoms with Crippen molar-refractivity contribution in [1.82, 2.24) is 5.32 Å². The number of carbonyl (C=O) groups excluding carboxylic acids is 2. The summed E-state index contributed by atoms with van der Waals surface area (Å²) in [5.41, 5.74) is 0.109. The van der Waals surface area contributed by atoms with Gasteiger partial charge in [0.2, 0.25) is 5.91 Å². The molecule has 5 N–H and O–H groups in total. The molecule has 2 aromatic carbocycles. The number of ether oxygens (including phenoxy) is 1. The number of nitrogens with one attached hydrogen (secondary N) is 3. The van der Waals surface area contributed by atoms with Gasteiger partial charge in [-0.3, -0.25) is 13.9 Å². The molecule has 0 saturated heterocycles. The van der Waals surface area contributed by atoms with E-state index in [9.17, 15) is 35.5 Å². The minimum absolute atomic E-state index is 0.0253. The van der Waals surface area contributed by atoms with Crippen LogP contribution in [0.25, 0.3) is 12.2 Å². The highest BCUT2D eigenvalue weighted by atomic mass is 32.2. The number of anilines is 2. The average molecular weight is 514 g/mol. The Balaban J connectivity index is 2.47. The summed E-state index contributed by atoms with van der Waals surface area (Å²) >= 11 is 0. The number of hydrogen-bond donors (Lipinski definition) is 5. The Morgan fingerprint density at radius 3 is 1.76 bits per heavy atom. The molecule has 0 aliphatic heterocycles. The molecule has 0 spiro atoms. The van der Waals surface area contributed by atoms with Crippen LogP contribution < -0.4 is 16.0 Å². The minimum atomic E-state index is -4.73. The molecule has 184 valence electrons. The zero-order valence-corrected chi connectivity index (χ0v) is 19.7. The van der Waals surface area contributed by atoms with Crippen LogP contribution in [0.4, 0.5) is 16.2 Å². The fourth-order valence-corrected chi connectivity index (χ4v) is 4.21. The maximum atomic E-state index is 11.9. The van der Waals surface area contributed by atoms with E-state index in [4.69, 9.17) is 0 Å². The molecule has 12 nitrogen and oxygen atoms in total. The Morgan fingerprint density at radius 2 is 1.35 bits per heavy atom. The summed E-state index contributed by atoms with van der Waals surface area (Å²) in [5, 5.41) is 7.28. The zero-order chi connectivity index (χ0) is 25.5. The maximum absolute atomic E-state index is 11.9. The predicted octanol–water partition coefficient (Wildman–Crippen LogP) is 2.08. The van der Waals surface area contributed by atoms with E-state index in [1.54, 1.807) is 6.92 Å². The highest BCUT2D eigenvalue weighted by molar-refractivity contribution is 7.86. The second-order valence-corrected chi connectivity index (χ2v) is 9.53. The van der Waals surface area contributed by atoms with Crippen LogP contribution in [0.1, 0.15) is 18.1 Å². The molecule has 0 saturated carbocycles. The largest absolute Gasteiger partial charge is 0.375 e. The van der Waals surface area contributed by atoms with Crippen LogP contribution in [0.3, 0.4) is 0 Å². The van der Waals surface area contributed by atoms with Gasteiger partial charge in [-0.15, -0.1) is 0 Å². The van der Waals surface area contributed by atoms with Crippen LogP contribution in [0.5, 0.6) is 0 Å². The van der Waals surface area contributed by atoms with Gasteiger partial charge in [-0.1, -0.05) is 24.3 Å². The summed E-state index contributed by atoms with van der Waals surface area (Å²) in [6.45, 7) is 1.76. The van der Waals surface area contributed by atoms with Crippen molar-refractivity contribution >= 4 is 55.7 Å². The smallest absolute Gasteiger partial charge is 0.319 e. The van der Waals surface area contributed by atoms with E-state index in [1.807, 2.05) is 0 Å². The highest BCUT2D eigenvalue weighted by Crippen LogP contribution is 2.26. The third kappa shape index (κ3) is 7.64. The number of benzene rings is 2. The predicted molar refractivity (Wildman–Crippen MR) is 125 cm³/mol. The first-order valence-corrected chi connectivity index (χ1v) is 12.5. The lowest BCUT2D eigenvalue weighted by molar-refractivity contribution is -0.119. The third-order valence-electron chi connectivity index (χ3n) is 4.18. The van der Waals surface area contributed by atoms with Gasteiger partial charge in [0, 0.05) is 25.0 Å². The summed E-state index contributed by atoms with van der Waals surface area (Å²) < 4.78 is 71.3. The average Bonchev–Trinajstić information content (AvgIpc) is 2.72. The molecule has 0 aliphatic carbocycles. The van der Waals surface area contributed by atoms with Gasteiger partial charge in [0.25, 0.3) is 20.2 Å². The molecule has 3 amide bonds. The standard InChI is InChI=1S/C20H23N3O9S2/c1-3-21-20(25)23-16-9-7-14(18(11-16)34(29,30)31)5-4-13-6-8-15(22-19(24)12-32-2)10-17(13)33(26,27)28/h4-11H,3,12H2,1-2H3,(H,22,24)(H2,21,23,25)(H,26,27,28)(H,29,30,31). The third-order valence-corrected chi connectivity index (χ3v) is 6.00. The second-order valence-electron chi connectivity index (χ2n) is 6.75. The second kappa shape index (κ2) is 11.2. The fourth-order valence-electron chi connectivity index (χ4n) is 2.79. The van der Waals surface area contributed by atoms with Crippen LogP contribution in [0, 0.1) is 0 Å². The SMILES string of the molecule is CCNC(=O)Nc1ccc(C=Cc2ccc(NC(=O)COC)cc2S(=O)(=O)O)c(S(=O)(=O)O)c1.